The molecule has 3 aromatic rings. The Balaban J connectivity index is 2.19. The molecule has 2 aromatic heterocycles. The van der Waals surface area contributed by atoms with Crippen molar-refractivity contribution in [1.82, 2.24) is 14.3 Å². The van der Waals surface area contributed by atoms with Crippen LogP contribution >= 0.6 is 22.9 Å². The molecule has 0 atom stereocenters. The van der Waals surface area contributed by atoms with Gasteiger partial charge < -0.3 is 4.57 Å². The van der Waals surface area contributed by atoms with E-state index in [-0.39, 0.29) is 5.91 Å². The Hall–Kier alpha value is -1.92. The first-order valence-corrected chi connectivity index (χ1v) is 7.49. The number of hydrogen-bond donors (Lipinski definition) is 0. The Morgan fingerprint density at radius 1 is 1.38 bits per heavy atom. The van der Waals surface area contributed by atoms with Gasteiger partial charge in [-0.05, 0) is 30.7 Å². The van der Waals surface area contributed by atoms with Gasteiger partial charge in [-0.2, -0.15) is 10.1 Å². The van der Waals surface area contributed by atoms with Gasteiger partial charge in [0.15, 0.2) is 4.80 Å². The fourth-order valence-electron chi connectivity index (χ4n) is 2.30. The average molecular weight is 321 g/mol. The number of hydrogen-bond acceptors (Lipinski definition) is 3. The number of rotatable bonds is 1. The Morgan fingerprint density at radius 2 is 2.14 bits per heavy atom. The van der Waals surface area contributed by atoms with Crippen molar-refractivity contribution in [3.8, 4) is 0 Å². The Kier molecular flexibility index (Phi) is 3.43. The second kappa shape index (κ2) is 5.13. The van der Waals surface area contributed by atoms with Crippen molar-refractivity contribution in [3.63, 3.8) is 0 Å². The summed E-state index contributed by atoms with van der Waals surface area (Å²) >= 11 is 7.53. The number of carbonyl (C=O) groups excluding carboxylic acids is 1. The maximum Gasteiger partial charge on any atom is 0.297 e. The van der Waals surface area contributed by atoms with E-state index in [2.05, 4.69) is 10.1 Å². The van der Waals surface area contributed by atoms with Gasteiger partial charge in [0.05, 0.1) is 10.2 Å². The summed E-state index contributed by atoms with van der Waals surface area (Å²) in [6.45, 7) is 1.99. The van der Waals surface area contributed by atoms with Gasteiger partial charge in [0.25, 0.3) is 5.91 Å². The van der Waals surface area contributed by atoms with Crippen LogP contribution in [0.3, 0.4) is 0 Å². The lowest BCUT2D eigenvalue weighted by molar-refractivity contribution is 0.0989. The predicted octanol–water partition coefficient (Wildman–Crippen LogP) is 2.68. The number of aryl methyl sites for hydroxylation is 3. The molecule has 2 heterocycles. The number of halogens is 1. The molecule has 0 aliphatic carbocycles. The molecule has 1 aromatic carbocycles. The molecule has 0 spiro atoms. The minimum Gasteiger partial charge on any atom is -0.319 e. The van der Waals surface area contributed by atoms with E-state index in [9.17, 15) is 4.79 Å². The standard InChI is InChI=1S/C14H13ClN4OS/c1-8-6-9(15)7-11-12(8)18(2)14(21-11)17-13(20)10-4-5-16-19(10)3/h4-7H,1-3H3. The molecule has 21 heavy (non-hydrogen) atoms. The van der Waals surface area contributed by atoms with Crippen LogP contribution in [0.15, 0.2) is 29.4 Å². The molecule has 108 valence electrons. The number of thiazole rings is 1. The fourth-order valence-corrected chi connectivity index (χ4v) is 3.77. The number of carbonyl (C=O) groups is 1. The first-order valence-electron chi connectivity index (χ1n) is 6.30. The van der Waals surface area contributed by atoms with Gasteiger partial charge in [0.2, 0.25) is 0 Å². The van der Waals surface area contributed by atoms with Crippen molar-refractivity contribution in [3.05, 3.63) is 45.5 Å². The summed E-state index contributed by atoms with van der Waals surface area (Å²) in [6, 6.07) is 5.45. The summed E-state index contributed by atoms with van der Waals surface area (Å²) in [6.07, 6.45) is 1.58. The van der Waals surface area contributed by atoms with E-state index < -0.39 is 0 Å². The van der Waals surface area contributed by atoms with Crippen LogP contribution in [0, 0.1) is 6.92 Å². The van der Waals surface area contributed by atoms with E-state index in [0.29, 0.717) is 15.5 Å². The summed E-state index contributed by atoms with van der Waals surface area (Å²) in [5, 5.41) is 4.67. The summed E-state index contributed by atoms with van der Waals surface area (Å²) < 4.78 is 4.44. The maximum absolute atomic E-state index is 12.2. The first-order chi connectivity index (χ1) is 9.97. The number of aromatic nitrogens is 3. The molecule has 0 aliphatic rings. The van der Waals surface area contributed by atoms with Gasteiger partial charge in [-0.15, -0.1) is 0 Å². The highest BCUT2D eigenvalue weighted by atomic mass is 35.5. The monoisotopic (exact) mass is 320 g/mol. The molecular weight excluding hydrogens is 308 g/mol. The first kappa shape index (κ1) is 14.0. The smallest absolute Gasteiger partial charge is 0.297 e. The third-order valence-corrected chi connectivity index (χ3v) is 4.59. The van der Waals surface area contributed by atoms with Crippen LogP contribution in [0.4, 0.5) is 0 Å². The summed E-state index contributed by atoms with van der Waals surface area (Å²) in [5.74, 6) is -0.305. The lowest BCUT2D eigenvalue weighted by Crippen LogP contribution is -2.15. The molecule has 0 saturated carbocycles. The third-order valence-electron chi connectivity index (χ3n) is 3.29. The van der Waals surface area contributed by atoms with Crippen molar-refractivity contribution in [1.29, 1.82) is 0 Å². The van der Waals surface area contributed by atoms with Crippen LogP contribution in [0.25, 0.3) is 10.2 Å². The predicted molar refractivity (Wildman–Crippen MR) is 83.6 cm³/mol. The van der Waals surface area contributed by atoms with Crippen LogP contribution < -0.4 is 4.80 Å². The minimum absolute atomic E-state index is 0.305. The highest BCUT2D eigenvalue weighted by Gasteiger charge is 2.11. The molecule has 0 aliphatic heterocycles. The van der Waals surface area contributed by atoms with Gasteiger partial charge in [-0.3, -0.25) is 9.48 Å². The lowest BCUT2D eigenvalue weighted by Gasteiger charge is -2.00. The van der Waals surface area contributed by atoms with Crippen LogP contribution in [0.5, 0.6) is 0 Å². The van der Waals surface area contributed by atoms with Crippen molar-refractivity contribution in [2.24, 2.45) is 19.1 Å². The minimum atomic E-state index is -0.305. The lowest BCUT2D eigenvalue weighted by atomic mass is 10.2. The zero-order valence-electron chi connectivity index (χ0n) is 11.8. The molecular formula is C14H13ClN4OS. The van der Waals surface area contributed by atoms with Crippen molar-refractivity contribution in [2.45, 2.75) is 6.92 Å². The second-order valence-corrected chi connectivity index (χ2v) is 6.22. The van der Waals surface area contributed by atoms with Crippen LogP contribution in [0.1, 0.15) is 16.1 Å². The van der Waals surface area contributed by atoms with Crippen molar-refractivity contribution in [2.75, 3.05) is 0 Å². The third kappa shape index (κ3) is 2.41. The van der Waals surface area contributed by atoms with Crippen LogP contribution in [-0.4, -0.2) is 20.3 Å². The Labute approximate surface area is 130 Å². The number of benzene rings is 1. The molecule has 5 nitrogen and oxygen atoms in total. The number of amides is 1. The van der Waals surface area contributed by atoms with E-state index in [4.69, 9.17) is 11.6 Å². The molecule has 0 saturated heterocycles. The van der Waals surface area contributed by atoms with E-state index >= 15 is 0 Å². The largest absolute Gasteiger partial charge is 0.319 e. The van der Waals surface area contributed by atoms with E-state index in [1.54, 1.807) is 19.3 Å². The average Bonchev–Trinajstić information content (AvgIpc) is 2.94. The van der Waals surface area contributed by atoms with Crippen LogP contribution in [-0.2, 0) is 14.1 Å². The van der Waals surface area contributed by atoms with Gasteiger partial charge >= 0.3 is 0 Å². The highest BCUT2D eigenvalue weighted by molar-refractivity contribution is 7.16. The quantitative estimate of drug-likeness (QED) is 0.692. The highest BCUT2D eigenvalue weighted by Crippen LogP contribution is 2.25. The summed E-state index contributed by atoms with van der Waals surface area (Å²) in [7, 11) is 3.62. The van der Waals surface area contributed by atoms with Gasteiger partial charge in [0, 0.05) is 25.3 Å². The van der Waals surface area contributed by atoms with E-state index in [1.807, 2.05) is 30.7 Å². The zero-order chi connectivity index (χ0) is 15.1. The number of fused-ring (bicyclic) bond motifs is 1. The van der Waals surface area contributed by atoms with Crippen LogP contribution in [0.2, 0.25) is 5.02 Å². The molecule has 3 rings (SSSR count). The molecule has 7 heteroatoms. The fraction of sp³-hybridized carbons (Fsp3) is 0.214. The van der Waals surface area contributed by atoms with Gasteiger partial charge in [-0.25, -0.2) is 0 Å². The summed E-state index contributed by atoms with van der Waals surface area (Å²) in [4.78, 5) is 17.1. The van der Waals surface area contributed by atoms with E-state index in [1.165, 1.54) is 16.0 Å². The Bertz CT molecular complexity index is 919. The topological polar surface area (TPSA) is 52.2 Å². The Morgan fingerprint density at radius 3 is 2.81 bits per heavy atom. The van der Waals surface area contributed by atoms with Crippen molar-refractivity contribution < 1.29 is 4.79 Å². The maximum atomic E-state index is 12.2. The van der Waals surface area contributed by atoms with Gasteiger partial charge in [-0.1, -0.05) is 22.9 Å². The molecule has 0 bridgehead atoms. The molecule has 0 unspecified atom stereocenters. The molecule has 0 N–H and O–H groups in total. The summed E-state index contributed by atoms with van der Waals surface area (Å²) in [5.41, 5.74) is 2.56. The SMILES string of the molecule is Cc1cc(Cl)cc2sc(=NC(=O)c3ccnn3C)n(C)c12. The van der Waals surface area contributed by atoms with Gasteiger partial charge in [0.1, 0.15) is 5.69 Å². The normalized spacial score (nSPS) is 12.3. The second-order valence-electron chi connectivity index (χ2n) is 4.77. The molecule has 0 radical (unpaired) electrons. The molecule has 0 fully saturated rings. The van der Waals surface area contributed by atoms with E-state index in [0.717, 1.165) is 15.8 Å². The van der Waals surface area contributed by atoms with Crippen molar-refractivity contribution >= 4 is 39.1 Å². The number of nitrogens with zero attached hydrogens (tertiary/aromatic N) is 4. The molecule has 1 amide bonds. The zero-order valence-corrected chi connectivity index (χ0v) is 13.4.